The number of hydrogen-bond donors (Lipinski definition) is 1. The van der Waals surface area contributed by atoms with Crippen molar-refractivity contribution >= 4 is 83.2 Å². The van der Waals surface area contributed by atoms with Crippen LogP contribution in [0.2, 0.25) is 0 Å². The van der Waals surface area contributed by atoms with Gasteiger partial charge in [-0.3, -0.25) is 33.5 Å². The van der Waals surface area contributed by atoms with Gasteiger partial charge in [-0.15, -0.1) is 0 Å². The second kappa shape index (κ2) is 18.2. The summed E-state index contributed by atoms with van der Waals surface area (Å²) in [4.78, 5) is 0. The molecule has 0 aromatic carbocycles. The van der Waals surface area contributed by atoms with Crippen molar-refractivity contribution in [3.05, 3.63) is 0 Å². The van der Waals surface area contributed by atoms with Crippen LogP contribution >= 0.6 is 0 Å². The summed E-state index contributed by atoms with van der Waals surface area (Å²) in [6.45, 7) is -6.74. The van der Waals surface area contributed by atoms with E-state index in [0.29, 0.717) is 0 Å². The maximum absolute atomic E-state index is 11.7. The summed E-state index contributed by atoms with van der Waals surface area (Å²) in [7, 11) is -50.8. The second-order valence-electron chi connectivity index (χ2n) is 9.49. The zero-order chi connectivity index (χ0) is 43.0. The Hall–Kier alpha value is -1.20. The molecule has 0 aromatic heterocycles. The molecular formula is C12H18NO35S8-7. The molecule has 0 radical (unpaired) electrons. The number of hydrogen-bond acceptors (Lipinski definition) is 35. The van der Waals surface area contributed by atoms with Crippen molar-refractivity contribution in [3.63, 3.8) is 0 Å². The van der Waals surface area contributed by atoms with E-state index in [9.17, 15) is 104 Å². The van der Waals surface area contributed by atoms with Gasteiger partial charge in [-0.2, -0.15) is 0 Å². The van der Waals surface area contributed by atoms with Gasteiger partial charge in [0.1, 0.15) is 37.1 Å². The topological polar surface area (TPSA) is 596 Å². The molecule has 2 aliphatic rings. The highest BCUT2D eigenvalue weighted by Crippen LogP contribution is 2.42. The molecular weight excluding hydrogens is 975 g/mol. The van der Waals surface area contributed by atoms with E-state index in [4.69, 9.17) is 14.2 Å². The lowest BCUT2D eigenvalue weighted by Gasteiger charge is -2.47. The van der Waals surface area contributed by atoms with E-state index < -0.39 is 158 Å². The number of rotatable bonds is 21. The fourth-order valence-corrected chi connectivity index (χ4v) is 7.60. The largest absolute Gasteiger partial charge is 0.726 e. The first-order valence-electron chi connectivity index (χ1n) is 12.2. The maximum atomic E-state index is 11.7. The highest BCUT2D eigenvalue weighted by Gasteiger charge is 2.64. The van der Waals surface area contributed by atoms with Gasteiger partial charge in [0.25, 0.3) is 0 Å². The zero-order valence-electron chi connectivity index (χ0n) is 25.8. The predicted octanol–water partition coefficient (Wildman–Crippen LogP) is -9.14. The Kier molecular flexibility index (Phi) is 17.2. The highest BCUT2D eigenvalue weighted by molar-refractivity contribution is 7.82. The molecule has 0 amide bonds. The first kappa shape index (κ1) is 52.8. The van der Waals surface area contributed by atoms with Crippen molar-refractivity contribution in [2.75, 3.05) is 19.8 Å². The lowest BCUT2D eigenvalue weighted by molar-refractivity contribution is -0.374. The minimum absolute atomic E-state index is 0. The van der Waals surface area contributed by atoms with E-state index >= 15 is 0 Å². The van der Waals surface area contributed by atoms with Gasteiger partial charge in [-0.25, -0.2) is 67.3 Å². The van der Waals surface area contributed by atoms with Gasteiger partial charge in [0.15, 0.2) is 18.5 Å². The van der Waals surface area contributed by atoms with Crippen LogP contribution in [0.25, 0.3) is 0 Å². The lowest BCUT2D eigenvalue weighted by atomic mass is 9.99. The minimum Gasteiger partial charge on any atom is -0.726 e. The van der Waals surface area contributed by atoms with E-state index in [0.717, 1.165) is 0 Å². The summed E-state index contributed by atoms with van der Waals surface area (Å²) >= 11 is 0. The van der Waals surface area contributed by atoms with Crippen LogP contribution in [0, 0.1) is 0 Å². The van der Waals surface area contributed by atoms with Crippen LogP contribution in [0.4, 0.5) is 0 Å². The number of quaternary nitrogens is 1. The van der Waals surface area contributed by atoms with Gasteiger partial charge in [0, 0.05) is 0 Å². The summed E-state index contributed by atoms with van der Waals surface area (Å²) in [5, 5.41) is 0. The molecule has 0 aromatic rings. The molecule has 0 spiro atoms. The molecule has 36 nitrogen and oxygen atoms in total. The molecule has 2 heterocycles. The van der Waals surface area contributed by atoms with E-state index in [-0.39, 0.29) is 6.15 Å². The Balaban J connectivity index is 0.0000157. The van der Waals surface area contributed by atoms with Crippen molar-refractivity contribution in [1.82, 2.24) is 6.15 Å². The Bertz CT molecular complexity index is 2280. The van der Waals surface area contributed by atoms with Crippen LogP contribution < -0.4 is 6.15 Å². The van der Waals surface area contributed by atoms with E-state index in [2.05, 4.69) is 33.5 Å². The molecule has 336 valence electrons. The first-order valence-corrected chi connectivity index (χ1v) is 22.9. The molecule has 9 atom stereocenters. The quantitative estimate of drug-likeness (QED) is 0.0824. The molecule has 2 rings (SSSR count). The van der Waals surface area contributed by atoms with Gasteiger partial charge in [-0.1, -0.05) is 0 Å². The third-order valence-electron chi connectivity index (χ3n) is 5.65. The van der Waals surface area contributed by atoms with Crippen molar-refractivity contribution in [2.45, 2.75) is 54.8 Å². The highest BCUT2D eigenvalue weighted by atomic mass is 32.3. The van der Waals surface area contributed by atoms with E-state index in [1.807, 2.05) is 0 Å². The molecule has 0 saturated carbocycles. The van der Waals surface area contributed by atoms with Crippen LogP contribution in [0.3, 0.4) is 0 Å². The monoisotopic (exact) mass is 992 g/mol. The normalized spacial score (nSPS) is 30.1. The first-order chi connectivity index (χ1) is 24.2. The fourth-order valence-electron chi connectivity index (χ4n) is 4.21. The van der Waals surface area contributed by atoms with Gasteiger partial charge in [-0.05, 0) is 0 Å². The van der Waals surface area contributed by atoms with Crippen LogP contribution in [0.1, 0.15) is 0 Å². The van der Waals surface area contributed by atoms with Gasteiger partial charge >= 0.3 is 0 Å². The average Bonchev–Trinajstić information content (AvgIpc) is 3.15. The summed E-state index contributed by atoms with van der Waals surface area (Å²) in [6, 6.07) is 0. The van der Waals surface area contributed by atoms with Crippen molar-refractivity contribution < 1.29 is 151 Å². The Morgan fingerprint density at radius 2 is 0.786 bits per heavy atom. The zero-order valence-corrected chi connectivity index (χ0v) is 32.3. The van der Waals surface area contributed by atoms with Crippen LogP contribution in [0.15, 0.2) is 0 Å². The molecule has 2 aliphatic heterocycles. The maximum Gasteiger partial charge on any atom is 0.227 e. The third-order valence-corrected chi connectivity index (χ3v) is 9.18. The molecule has 4 N–H and O–H groups in total. The standard InChI is InChI=1S/C12H22O35S8.H3N/c13-48(14,15)37-1-4-6(43-51(22,23)24)8(45-53(28,29)30)9(46-54(31,32)33)11(40-4)42-12(3-39-50(19,20)21)10(47-55(34,35)36)7(44-52(25,26)27)5(41-12)2-38-49(16,17)18;/h4-11H,1-3H2,(H,13,14,15)(H,16,17,18)(H,19,20,21)(H,22,23,24)(H,25,26,27)(H,28,29,30)(H,31,32,33)(H,34,35,36);1H3/p-7. The van der Waals surface area contributed by atoms with Crippen LogP contribution in [-0.4, -0.2) is 178 Å². The summed E-state index contributed by atoms with van der Waals surface area (Å²) in [6.07, 6.45) is -27.5. The van der Waals surface area contributed by atoms with Crippen LogP contribution in [0.5, 0.6) is 0 Å². The number of ether oxygens (including phenoxy) is 3. The Morgan fingerprint density at radius 3 is 1.18 bits per heavy atom. The van der Waals surface area contributed by atoms with Gasteiger partial charge < -0.3 is 56.8 Å². The van der Waals surface area contributed by atoms with Crippen molar-refractivity contribution in [1.29, 1.82) is 0 Å². The molecule has 9 unspecified atom stereocenters. The molecule has 2 saturated heterocycles. The van der Waals surface area contributed by atoms with Gasteiger partial charge in [0.2, 0.25) is 89.0 Å². The summed E-state index contributed by atoms with van der Waals surface area (Å²) < 4.78 is 320. The average molecular weight is 993 g/mol. The molecule has 56 heavy (non-hydrogen) atoms. The smallest absolute Gasteiger partial charge is 0.227 e. The molecule has 2 fully saturated rings. The molecule has 44 heteroatoms. The summed E-state index contributed by atoms with van der Waals surface area (Å²) in [5.41, 5.74) is 0. The lowest BCUT2D eigenvalue weighted by Crippen LogP contribution is -2.65. The molecule has 0 bridgehead atoms. The predicted molar refractivity (Wildman–Crippen MR) is 143 cm³/mol. The van der Waals surface area contributed by atoms with Gasteiger partial charge in [0.05, 0.1) is 13.2 Å². The van der Waals surface area contributed by atoms with Crippen molar-refractivity contribution in [2.24, 2.45) is 0 Å². The molecule has 0 aliphatic carbocycles. The van der Waals surface area contributed by atoms with Crippen molar-refractivity contribution in [3.8, 4) is 0 Å². The fraction of sp³-hybridized carbons (Fsp3) is 1.00. The van der Waals surface area contributed by atoms with E-state index in [1.165, 1.54) is 0 Å². The minimum atomic E-state index is -6.58. The summed E-state index contributed by atoms with van der Waals surface area (Å²) in [5.74, 6) is -4.31. The second-order valence-corrected chi connectivity index (χ2v) is 17.7. The van der Waals surface area contributed by atoms with Crippen LogP contribution in [-0.2, 0) is 131 Å². The Labute approximate surface area is 314 Å². The Morgan fingerprint density at radius 1 is 0.429 bits per heavy atom. The SMILES string of the molecule is O=S(=O)([O-])OCC1OC(OC2(COS(=O)(=O)[O-])OC(COS(=O)(=O)[O-])C(OS(=O)(=O)[O-])C2OS(=O)(=O)[O-])C(OS(=O)(=O)[O-])C(OS(=O)(=O)[O-])C1OS(=O)(=O)[O-].[NH4+]. The third kappa shape index (κ3) is 18.8. The van der Waals surface area contributed by atoms with E-state index in [1.54, 1.807) is 0 Å².